The fourth-order valence-electron chi connectivity index (χ4n) is 1.85. The van der Waals surface area contributed by atoms with Gasteiger partial charge in [0.05, 0.1) is 11.3 Å². The second kappa shape index (κ2) is 5.27. The van der Waals surface area contributed by atoms with Crippen molar-refractivity contribution in [3.8, 4) is 6.07 Å². The van der Waals surface area contributed by atoms with Gasteiger partial charge >= 0.3 is 0 Å². The lowest BCUT2D eigenvalue weighted by molar-refractivity contribution is -0.115. The monoisotopic (exact) mass is 263 g/mol. The molecule has 6 heteroatoms. The Hall–Kier alpha value is -1.74. The van der Waals surface area contributed by atoms with E-state index in [2.05, 4.69) is 11.1 Å². The van der Waals surface area contributed by atoms with Gasteiger partial charge in [-0.3, -0.25) is 9.59 Å². The summed E-state index contributed by atoms with van der Waals surface area (Å²) in [7, 11) is 0. The molecule has 0 spiro atoms. The van der Waals surface area contributed by atoms with Gasteiger partial charge in [0.1, 0.15) is 6.07 Å². The van der Waals surface area contributed by atoms with E-state index < -0.39 is 5.91 Å². The molecule has 0 atom stereocenters. The number of H-pyrrole nitrogens is 1. The average molecular weight is 263 g/mol. The molecule has 0 bridgehead atoms. The van der Waals surface area contributed by atoms with E-state index in [-0.39, 0.29) is 11.3 Å². The quantitative estimate of drug-likeness (QED) is 0.822. The van der Waals surface area contributed by atoms with E-state index in [0.717, 1.165) is 18.4 Å². The van der Waals surface area contributed by atoms with Crippen LogP contribution in [0.1, 0.15) is 35.6 Å². The highest BCUT2D eigenvalue weighted by molar-refractivity contribution is 7.99. The Morgan fingerprint density at radius 1 is 1.61 bits per heavy atom. The molecular weight excluding hydrogens is 250 g/mol. The van der Waals surface area contributed by atoms with Crippen molar-refractivity contribution >= 4 is 17.7 Å². The van der Waals surface area contributed by atoms with Gasteiger partial charge in [0.2, 0.25) is 11.5 Å². The molecule has 18 heavy (non-hydrogen) atoms. The van der Waals surface area contributed by atoms with E-state index in [4.69, 9.17) is 5.73 Å². The predicted octanol–water partition coefficient (Wildman–Crippen LogP) is 0.842. The Labute approximate surface area is 108 Å². The average Bonchev–Trinajstić information content (AvgIpc) is 3.11. The van der Waals surface area contributed by atoms with Gasteiger partial charge in [0.15, 0.2) is 0 Å². The molecule has 3 N–H and O–H groups in total. The molecule has 1 saturated carbocycles. The van der Waals surface area contributed by atoms with Gasteiger partial charge in [-0.05, 0) is 24.3 Å². The largest absolute Gasteiger partial charge is 0.369 e. The molecule has 2 rings (SSSR count). The van der Waals surface area contributed by atoms with E-state index in [9.17, 15) is 14.9 Å². The van der Waals surface area contributed by atoms with Crippen molar-refractivity contribution < 1.29 is 4.79 Å². The van der Waals surface area contributed by atoms with E-state index in [1.807, 2.05) is 0 Å². The van der Waals surface area contributed by atoms with E-state index >= 15 is 0 Å². The van der Waals surface area contributed by atoms with Crippen LogP contribution >= 0.6 is 11.8 Å². The van der Waals surface area contributed by atoms with Crippen LogP contribution in [0.4, 0.5) is 0 Å². The number of thioether (sulfide) groups is 1. The van der Waals surface area contributed by atoms with Gasteiger partial charge in [-0.25, -0.2) is 0 Å². The zero-order valence-electron chi connectivity index (χ0n) is 9.73. The van der Waals surface area contributed by atoms with Gasteiger partial charge in [-0.2, -0.15) is 5.26 Å². The number of primary amides is 1. The van der Waals surface area contributed by atoms with Crippen molar-refractivity contribution in [2.45, 2.75) is 24.5 Å². The molecule has 1 amide bonds. The first-order valence-corrected chi connectivity index (χ1v) is 6.79. The fourth-order valence-corrected chi connectivity index (χ4v) is 2.57. The highest BCUT2D eigenvalue weighted by atomic mass is 32.2. The maximum absolute atomic E-state index is 11.5. The van der Waals surface area contributed by atoms with E-state index in [1.165, 1.54) is 17.8 Å². The summed E-state index contributed by atoms with van der Waals surface area (Å²) < 4.78 is 0. The molecule has 0 radical (unpaired) electrons. The molecule has 1 aromatic rings. The van der Waals surface area contributed by atoms with Crippen molar-refractivity contribution in [2.24, 2.45) is 5.73 Å². The zero-order valence-corrected chi connectivity index (χ0v) is 10.5. The fraction of sp³-hybridized carbons (Fsp3) is 0.417. The number of carbonyl (C=O) groups is 1. The Balaban J connectivity index is 2.25. The minimum absolute atomic E-state index is 0.181. The number of nitrogens with zero attached hydrogens (tertiary/aromatic N) is 1. The topological polar surface area (TPSA) is 99.7 Å². The molecule has 1 aliphatic carbocycles. The minimum atomic E-state index is -0.404. The molecular formula is C12H13N3O2S. The maximum atomic E-state index is 11.5. The van der Waals surface area contributed by atoms with Crippen LogP contribution in [0.2, 0.25) is 0 Å². The number of nitriles is 1. The molecule has 0 aromatic carbocycles. The lowest BCUT2D eigenvalue weighted by Crippen LogP contribution is -2.15. The van der Waals surface area contributed by atoms with E-state index in [0.29, 0.717) is 22.9 Å². The molecule has 0 saturated heterocycles. The van der Waals surface area contributed by atoms with Crippen molar-refractivity contribution in [3.63, 3.8) is 0 Å². The molecule has 5 nitrogen and oxygen atoms in total. The Kier molecular flexibility index (Phi) is 3.72. The molecule has 1 aliphatic rings. The zero-order chi connectivity index (χ0) is 13.1. The van der Waals surface area contributed by atoms with Gasteiger partial charge in [-0.15, -0.1) is 11.8 Å². The summed E-state index contributed by atoms with van der Waals surface area (Å²) in [6, 6.07) is 3.66. The summed E-state index contributed by atoms with van der Waals surface area (Å²) in [5.74, 6) is 0.545. The number of rotatable bonds is 5. The lowest BCUT2D eigenvalue weighted by Gasteiger charge is -2.07. The number of aromatic nitrogens is 1. The van der Waals surface area contributed by atoms with Gasteiger partial charge in [0.25, 0.3) is 0 Å². The van der Waals surface area contributed by atoms with Crippen LogP contribution in [-0.2, 0) is 10.5 Å². The highest BCUT2D eigenvalue weighted by Crippen LogP contribution is 2.41. The predicted molar refractivity (Wildman–Crippen MR) is 69.1 cm³/mol. The number of nitrogens with two attached hydrogens (primary N) is 1. The molecule has 94 valence electrons. The Bertz CT molecular complexity index is 570. The summed E-state index contributed by atoms with van der Waals surface area (Å²) in [6.07, 6.45) is 2.07. The smallest absolute Gasteiger partial charge is 0.248 e. The Morgan fingerprint density at radius 3 is 2.89 bits per heavy atom. The summed E-state index contributed by atoms with van der Waals surface area (Å²) >= 11 is 1.30. The van der Waals surface area contributed by atoms with Gasteiger partial charge < -0.3 is 10.7 Å². The normalized spacial score (nSPS) is 14.2. The van der Waals surface area contributed by atoms with Crippen molar-refractivity contribution in [3.05, 3.63) is 33.2 Å². The molecule has 0 unspecified atom stereocenters. The number of hydrogen-bond acceptors (Lipinski definition) is 4. The molecule has 1 heterocycles. The number of carbonyl (C=O) groups excluding carboxylic acids is 1. The Morgan fingerprint density at radius 2 is 2.33 bits per heavy atom. The first-order valence-electron chi connectivity index (χ1n) is 5.64. The highest BCUT2D eigenvalue weighted by Gasteiger charge is 2.28. The number of nitrogens with one attached hydrogen (secondary N) is 1. The second-order valence-corrected chi connectivity index (χ2v) is 5.27. The number of amides is 1. The third-order valence-electron chi connectivity index (χ3n) is 2.77. The number of aromatic amines is 1. The third kappa shape index (κ3) is 2.93. The second-order valence-electron chi connectivity index (χ2n) is 4.29. The van der Waals surface area contributed by atoms with Crippen LogP contribution in [-0.4, -0.2) is 16.6 Å². The summed E-state index contributed by atoms with van der Waals surface area (Å²) in [5, 5.41) is 9.20. The van der Waals surface area contributed by atoms with Crippen molar-refractivity contribution in [1.82, 2.24) is 4.98 Å². The van der Waals surface area contributed by atoms with Crippen molar-refractivity contribution in [1.29, 1.82) is 5.26 Å². The standard InChI is InChI=1S/C12H13N3O2S/c13-4-9-8(7-1-2-7)3-12(17)15-10(9)5-18-6-11(14)16/h3,7H,1-2,5-6H2,(H2,14,16)(H,15,17). The molecule has 1 fully saturated rings. The van der Waals surface area contributed by atoms with E-state index in [1.54, 1.807) is 0 Å². The van der Waals surface area contributed by atoms with Crippen LogP contribution in [0.3, 0.4) is 0 Å². The first kappa shape index (κ1) is 12.7. The van der Waals surface area contributed by atoms with Crippen LogP contribution < -0.4 is 11.3 Å². The number of pyridine rings is 1. The summed E-state index contributed by atoms with van der Waals surface area (Å²) in [6.45, 7) is 0. The summed E-state index contributed by atoms with van der Waals surface area (Å²) in [5.41, 5.74) is 6.85. The van der Waals surface area contributed by atoms with Crippen LogP contribution in [0.15, 0.2) is 10.9 Å². The molecule has 0 aliphatic heterocycles. The van der Waals surface area contributed by atoms with Crippen LogP contribution in [0.5, 0.6) is 0 Å². The third-order valence-corrected chi connectivity index (χ3v) is 3.75. The maximum Gasteiger partial charge on any atom is 0.248 e. The van der Waals surface area contributed by atoms with Crippen LogP contribution in [0, 0.1) is 11.3 Å². The molecule has 1 aromatic heterocycles. The van der Waals surface area contributed by atoms with Gasteiger partial charge in [0, 0.05) is 17.5 Å². The summed E-state index contributed by atoms with van der Waals surface area (Å²) in [4.78, 5) is 24.9. The van der Waals surface area contributed by atoms with Crippen LogP contribution in [0.25, 0.3) is 0 Å². The first-order chi connectivity index (χ1) is 8.61. The number of hydrogen-bond donors (Lipinski definition) is 2. The van der Waals surface area contributed by atoms with Crippen molar-refractivity contribution in [2.75, 3.05) is 5.75 Å². The lowest BCUT2D eigenvalue weighted by atomic mass is 10.0. The SMILES string of the molecule is N#Cc1c(C2CC2)cc(=O)[nH]c1CSCC(N)=O. The van der Waals surface area contributed by atoms with Gasteiger partial charge in [-0.1, -0.05) is 0 Å². The minimum Gasteiger partial charge on any atom is -0.369 e.